The highest BCUT2D eigenvalue weighted by atomic mass is 19.1. The molecule has 1 heterocycles. The van der Waals surface area contributed by atoms with Crippen molar-refractivity contribution in [2.45, 2.75) is 39.2 Å². The molecule has 20 heavy (non-hydrogen) atoms. The van der Waals surface area contributed by atoms with E-state index in [0.29, 0.717) is 24.0 Å². The van der Waals surface area contributed by atoms with Gasteiger partial charge >= 0.3 is 0 Å². The SMILES string of the molecule is CCC(C)COc1ccc(N2CCCC(N)C2)c(F)c1. The molecule has 2 atom stereocenters. The van der Waals surface area contributed by atoms with E-state index in [2.05, 4.69) is 13.8 Å². The number of hydrogen-bond donors (Lipinski definition) is 1. The fourth-order valence-corrected chi connectivity index (χ4v) is 2.42. The van der Waals surface area contributed by atoms with E-state index in [0.717, 1.165) is 32.4 Å². The van der Waals surface area contributed by atoms with Crippen molar-refractivity contribution < 1.29 is 9.13 Å². The van der Waals surface area contributed by atoms with Crippen LogP contribution in [0.5, 0.6) is 5.75 Å². The summed E-state index contributed by atoms with van der Waals surface area (Å²) in [4.78, 5) is 2.03. The van der Waals surface area contributed by atoms with Crippen LogP contribution in [0.2, 0.25) is 0 Å². The van der Waals surface area contributed by atoms with Crippen molar-refractivity contribution in [3.8, 4) is 5.75 Å². The fourth-order valence-electron chi connectivity index (χ4n) is 2.42. The second-order valence-electron chi connectivity index (χ2n) is 5.79. The van der Waals surface area contributed by atoms with Crippen LogP contribution in [-0.4, -0.2) is 25.7 Å². The van der Waals surface area contributed by atoms with Crippen LogP contribution < -0.4 is 15.4 Å². The molecule has 2 unspecified atom stereocenters. The van der Waals surface area contributed by atoms with E-state index in [1.807, 2.05) is 11.0 Å². The molecule has 0 aliphatic carbocycles. The van der Waals surface area contributed by atoms with Crippen molar-refractivity contribution in [3.63, 3.8) is 0 Å². The Morgan fingerprint density at radius 2 is 2.30 bits per heavy atom. The quantitative estimate of drug-likeness (QED) is 0.900. The Kier molecular flexibility index (Phi) is 5.24. The highest BCUT2D eigenvalue weighted by Crippen LogP contribution is 2.26. The molecule has 4 heteroatoms. The second-order valence-corrected chi connectivity index (χ2v) is 5.79. The average molecular weight is 280 g/mol. The summed E-state index contributed by atoms with van der Waals surface area (Å²) in [7, 11) is 0. The van der Waals surface area contributed by atoms with Gasteiger partial charge < -0.3 is 15.4 Å². The Morgan fingerprint density at radius 1 is 1.50 bits per heavy atom. The Morgan fingerprint density at radius 3 is 2.95 bits per heavy atom. The lowest BCUT2D eigenvalue weighted by Crippen LogP contribution is -2.43. The molecule has 1 aliphatic heterocycles. The van der Waals surface area contributed by atoms with Gasteiger partial charge in [0.25, 0.3) is 0 Å². The zero-order chi connectivity index (χ0) is 14.5. The van der Waals surface area contributed by atoms with Gasteiger partial charge in [-0.25, -0.2) is 4.39 Å². The number of benzene rings is 1. The molecular formula is C16H25FN2O. The first-order valence-electron chi connectivity index (χ1n) is 7.53. The summed E-state index contributed by atoms with van der Waals surface area (Å²) in [6.07, 6.45) is 3.10. The molecule has 0 bridgehead atoms. The lowest BCUT2D eigenvalue weighted by atomic mass is 10.1. The highest BCUT2D eigenvalue weighted by molar-refractivity contribution is 5.51. The van der Waals surface area contributed by atoms with Gasteiger partial charge in [-0.3, -0.25) is 0 Å². The van der Waals surface area contributed by atoms with E-state index in [-0.39, 0.29) is 11.9 Å². The standard InChI is InChI=1S/C16H25FN2O/c1-3-12(2)11-20-14-6-7-16(15(17)9-14)19-8-4-5-13(18)10-19/h6-7,9,12-13H,3-5,8,10-11,18H2,1-2H3. The third kappa shape index (κ3) is 3.85. The first-order chi connectivity index (χ1) is 9.60. The van der Waals surface area contributed by atoms with Gasteiger partial charge in [0.15, 0.2) is 0 Å². The number of rotatable bonds is 5. The molecule has 1 aromatic rings. The molecule has 2 N–H and O–H groups in total. The summed E-state index contributed by atoms with van der Waals surface area (Å²) in [5, 5.41) is 0. The van der Waals surface area contributed by atoms with E-state index in [9.17, 15) is 4.39 Å². The molecule has 0 saturated carbocycles. The van der Waals surface area contributed by atoms with Crippen molar-refractivity contribution in [1.82, 2.24) is 0 Å². The summed E-state index contributed by atoms with van der Waals surface area (Å²) in [5.74, 6) is 0.867. The molecule has 3 nitrogen and oxygen atoms in total. The zero-order valence-corrected chi connectivity index (χ0v) is 12.4. The minimum absolute atomic E-state index is 0.143. The van der Waals surface area contributed by atoms with Gasteiger partial charge in [0.2, 0.25) is 0 Å². The van der Waals surface area contributed by atoms with Gasteiger partial charge in [-0.2, -0.15) is 0 Å². The van der Waals surface area contributed by atoms with Gasteiger partial charge in [0.05, 0.1) is 12.3 Å². The summed E-state index contributed by atoms with van der Waals surface area (Å²) >= 11 is 0. The first-order valence-corrected chi connectivity index (χ1v) is 7.53. The van der Waals surface area contributed by atoms with E-state index in [4.69, 9.17) is 10.5 Å². The van der Waals surface area contributed by atoms with E-state index >= 15 is 0 Å². The number of nitrogens with two attached hydrogens (primary N) is 1. The van der Waals surface area contributed by atoms with Gasteiger partial charge in [-0.1, -0.05) is 20.3 Å². The largest absolute Gasteiger partial charge is 0.493 e. The van der Waals surface area contributed by atoms with E-state index in [1.165, 1.54) is 6.07 Å². The molecule has 1 fully saturated rings. The maximum Gasteiger partial charge on any atom is 0.150 e. The van der Waals surface area contributed by atoms with Crippen LogP contribution in [0.15, 0.2) is 18.2 Å². The zero-order valence-electron chi connectivity index (χ0n) is 12.4. The Balaban J connectivity index is 2.01. The number of nitrogens with zero attached hydrogens (tertiary/aromatic N) is 1. The van der Waals surface area contributed by atoms with Crippen molar-refractivity contribution >= 4 is 5.69 Å². The summed E-state index contributed by atoms with van der Waals surface area (Å²) in [5.41, 5.74) is 6.59. The van der Waals surface area contributed by atoms with Crippen LogP contribution in [0.4, 0.5) is 10.1 Å². The number of anilines is 1. The number of ether oxygens (including phenoxy) is 1. The molecule has 0 spiro atoms. The van der Waals surface area contributed by atoms with Gasteiger partial charge in [0.1, 0.15) is 11.6 Å². The van der Waals surface area contributed by atoms with Gasteiger partial charge in [0, 0.05) is 25.2 Å². The van der Waals surface area contributed by atoms with E-state index < -0.39 is 0 Å². The first kappa shape index (κ1) is 15.1. The lowest BCUT2D eigenvalue weighted by molar-refractivity contribution is 0.255. The molecule has 2 rings (SSSR count). The molecule has 0 aromatic heterocycles. The molecular weight excluding hydrogens is 255 g/mol. The predicted octanol–water partition coefficient (Wildman–Crippen LogP) is 3.18. The van der Waals surface area contributed by atoms with E-state index in [1.54, 1.807) is 6.07 Å². The minimum Gasteiger partial charge on any atom is -0.493 e. The van der Waals surface area contributed by atoms with Crippen molar-refractivity contribution in [2.24, 2.45) is 11.7 Å². The maximum absolute atomic E-state index is 14.2. The smallest absolute Gasteiger partial charge is 0.150 e. The number of hydrogen-bond acceptors (Lipinski definition) is 3. The normalized spacial score (nSPS) is 20.8. The third-order valence-electron chi connectivity index (χ3n) is 3.95. The van der Waals surface area contributed by atoms with Crippen LogP contribution >= 0.6 is 0 Å². The topological polar surface area (TPSA) is 38.5 Å². The van der Waals surface area contributed by atoms with Crippen molar-refractivity contribution in [3.05, 3.63) is 24.0 Å². The fraction of sp³-hybridized carbons (Fsp3) is 0.625. The molecule has 1 aliphatic rings. The highest BCUT2D eigenvalue weighted by Gasteiger charge is 2.19. The van der Waals surface area contributed by atoms with Crippen LogP contribution in [0.1, 0.15) is 33.1 Å². The summed E-state index contributed by atoms with van der Waals surface area (Å²) < 4.78 is 19.8. The second kappa shape index (κ2) is 6.93. The predicted molar refractivity (Wildman–Crippen MR) is 80.8 cm³/mol. The monoisotopic (exact) mass is 280 g/mol. The van der Waals surface area contributed by atoms with Crippen molar-refractivity contribution in [1.29, 1.82) is 0 Å². The number of halogens is 1. The third-order valence-corrected chi connectivity index (χ3v) is 3.95. The molecule has 1 saturated heterocycles. The van der Waals surface area contributed by atoms with Crippen LogP contribution in [-0.2, 0) is 0 Å². The van der Waals surface area contributed by atoms with Gasteiger partial charge in [-0.05, 0) is 30.9 Å². The van der Waals surface area contributed by atoms with Crippen LogP contribution in [0.3, 0.4) is 0 Å². The Hall–Kier alpha value is -1.29. The molecule has 112 valence electrons. The molecule has 0 amide bonds. The minimum atomic E-state index is -0.222. The summed E-state index contributed by atoms with van der Waals surface area (Å²) in [6.45, 7) is 6.47. The average Bonchev–Trinajstić information content (AvgIpc) is 2.44. The number of piperidine rings is 1. The Bertz CT molecular complexity index is 438. The van der Waals surface area contributed by atoms with Crippen molar-refractivity contribution in [2.75, 3.05) is 24.6 Å². The molecule has 0 radical (unpaired) electrons. The summed E-state index contributed by atoms with van der Waals surface area (Å²) in [6, 6.07) is 5.28. The Labute approximate surface area is 120 Å². The van der Waals surface area contributed by atoms with Crippen LogP contribution in [0, 0.1) is 11.7 Å². The van der Waals surface area contributed by atoms with Gasteiger partial charge in [-0.15, -0.1) is 0 Å². The molecule has 1 aromatic carbocycles. The van der Waals surface area contributed by atoms with Crippen LogP contribution in [0.25, 0.3) is 0 Å². The lowest BCUT2D eigenvalue weighted by Gasteiger charge is -2.32. The maximum atomic E-state index is 14.2.